The van der Waals surface area contributed by atoms with Crippen molar-refractivity contribution < 1.29 is 23.8 Å². The van der Waals surface area contributed by atoms with Gasteiger partial charge < -0.3 is 24.0 Å². The van der Waals surface area contributed by atoms with Gasteiger partial charge in [0.1, 0.15) is 23.0 Å². The summed E-state index contributed by atoms with van der Waals surface area (Å²) in [6, 6.07) is 22.3. The van der Waals surface area contributed by atoms with Crippen LogP contribution in [0.3, 0.4) is 0 Å². The highest BCUT2D eigenvalue weighted by Gasteiger charge is 2.26. The van der Waals surface area contributed by atoms with E-state index >= 15 is 0 Å². The van der Waals surface area contributed by atoms with E-state index in [9.17, 15) is 9.59 Å². The monoisotopic (exact) mass is 496 g/mol. The number of hydrogen-bond donors (Lipinski definition) is 0. The van der Waals surface area contributed by atoms with E-state index in [0.717, 1.165) is 0 Å². The van der Waals surface area contributed by atoms with Crippen molar-refractivity contribution in [2.24, 2.45) is 0 Å². The molecule has 0 N–H and O–H groups in total. The van der Waals surface area contributed by atoms with Crippen molar-refractivity contribution in [2.75, 3.05) is 32.8 Å². The number of carbonyl (C=O) groups is 2. The van der Waals surface area contributed by atoms with Crippen LogP contribution in [-0.4, -0.2) is 54.6 Å². The normalized spacial score (nSPS) is 12.7. The van der Waals surface area contributed by atoms with E-state index in [4.69, 9.17) is 24.7 Å². The van der Waals surface area contributed by atoms with Crippen LogP contribution in [0.4, 0.5) is 4.79 Å². The average molecular weight is 497 g/mol. The number of amides is 2. The van der Waals surface area contributed by atoms with E-state index in [1.807, 2.05) is 0 Å². The molecule has 9 heteroatoms. The van der Waals surface area contributed by atoms with Crippen molar-refractivity contribution in [1.82, 2.24) is 9.80 Å². The molecule has 9 nitrogen and oxygen atoms in total. The first-order valence-electron chi connectivity index (χ1n) is 11.7. The maximum Gasteiger partial charge on any atom is 0.409 e. The van der Waals surface area contributed by atoms with Gasteiger partial charge in [0.25, 0.3) is 5.91 Å². The van der Waals surface area contributed by atoms with Crippen LogP contribution >= 0.6 is 0 Å². The zero-order valence-corrected chi connectivity index (χ0v) is 20.2. The Bertz CT molecular complexity index is 1270. The SMILES string of the molecule is CCOC(=O)N1CCN(C(=O)c2cc(Oc3ccc(C#N)cc3)cc(Oc3ccc(C#N)cc3)c2)CC1. The van der Waals surface area contributed by atoms with Crippen molar-refractivity contribution in [3.63, 3.8) is 0 Å². The smallest absolute Gasteiger partial charge is 0.409 e. The van der Waals surface area contributed by atoms with Gasteiger partial charge in [-0.1, -0.05) is 0 Å². The zero-order valence-electron chi connectivity index (χ0n) is 20.2. The summed E-state index contributed by atoms with van der Waals surface area (Å²) in [6.07, 6.45) is -0.384. The molecule has 2 amide bonds. The molecule has 0 spiro atoms. The highest BCUT2D eigenvalue weighted by atomic mass is 16.6. The number of ether oxygens (including phenoxy) is 3. The van der Waals surface area contributed by atoms with E-state index in [1.165, 1.54) is 0 Å². The summed E-state index contributed by atoms with van der Waals surface area (Å²) in [5, 5.41) is 18.1. The van der Waals surface area contributed by atoms with Gasteiger partial charge in [0.15, 0.2) is 0 Å². The molecule has 0 bridgehead atoms. The predicted octanol–water partition coefficient (Wildman–Crippen LogP) is 4.93. The molecular weight excluding hydrogens is 472 g/mol. The topological polar surface area (TPSA) is 116 Å². The molecule has 0 atom stereocenters. The van der Waals surface area contributed by atoms with Crippen LogP contribution in [0.25, 0.3) is 0 Å². The molecule has 0 unspecified atom stereocenters. The number of hydrogen-bond acceptors (Lipinski definition) is 7. The summed E-state index contributed by atoms with van der Waals surface area (Å²) in [4.78, 5) is 28.6. The van der Waals surface area contributed by atoms with Crippen LogP contribution in [0, 0.1) is 22.7 Å². The standard InChI is InChI=1S/C28H24N4O5/c1-2-35-28(34)32-13-11-31(12-14-32)27(33)22-15-25(36-23-7-3-20(18-29)4-8-23)17-26(16-22)37-24-9-5-21(19-30)6-10-24/h3-10,15-17H,2,11-14H2,1H3. The third-order valence-corrected chi connectivity index (χ3v) is 5.66. The number of nitriles is 2. The van der Waals surface area contributed by atoms with E-state index in [0.29, 0.717) is 72.5 Å². The van der Waals surface area contributed by atoms with Gasteiger partial charge >= 0.3 is 6.09 Å². The minimum Gasteiger partial charge on any atom is -0.457 e. The first-order chi connectivity index (χ1) is 18.0. The van der Waals surface area contributed by atoms with Crippen LogP contribution in [0.5, 0.6) is 23.0 Å². The number of benzene rings is 3. The number of piperazine rings is 1. The fourth-order valence-corrected chi connectivity index (χ4v) is 3.77. The van der Waals surface area contributed by atoms with Crippen LogP contribution in [0.1, 0.15) is 28.4 Å². The predicted molar refractivity (Wildman–Crippen MR) is 133 cm³/mol. The number of carbonyl (C=O) groups excluding carboxylic acids is 2. The fourth-order valence-electron chi connectivity index (χ4n) is 3.77. The Balaban J connectivity index is 1.57. The van der Waals surface area contributed by atoms with E-state index in [1.54, 1.807) is 83.5 Å². The van der Waals surface area contributed by atoms with Crippen molar-refractivity contribution in [3.8, 4) is 35.1 Å². The molecule has 37 heavy (non-hydrogen) atoms. The summed E-state index contributed by atoms with van der Waals surface area (Å²) < 4.78 is 17.0. The summed E-state index contributed by atoms with van der Waals surface area (Å²) in [6.45, 7) is 3.53. The summed E-state index contributed by atoms with van der Waals surface area (Å²) >= 11 is 0. The third kappa shape index (κ3) is 6.36. The van der Waals surface area contributed by atoms with Gasteiger partial charge in [-0.3, -0.25) is 4.79 Å². The van der Waals surface area contributed by atoms with Crippen molar-refractivity contribution in [3.05, 3.63) is 83.4 Å². The first kappa shape index (κ1) is 25.1. The second kappa shape index (κ2) is 11.6. The van der Waals surface area contributed by atoms with Gasteiger partial charge in [-0.25, -0.2) is 4.79 Å². The van der Waals surface area contributed by atoms with Gasteiger partial charge in [0, 0.05) is 37.8 Å². The largest absolute Gasteiger partial charge is 0.457 e. The van der Waals surface area contributed by atoms with Crippen molar-refractivity contribution >= 4 is 12.0 Å². The average Bonchev–Trinajstić information content (AvgIpc) is 2.93. The number of rotatable bonds is 6. The molecule has 3 aromatic rings. The Labute approximate surface area is 214 Å². The van der Waals surface area contributed by atoms with Crippen LogP contribution in [0.2, 0.25) is 0 Å². The molecule has 1 aliphatic rings. The van der Waals surface area contributed by atoms with Crippen molar-refractivity contribution in [1.29, 1.82) is 10.5 Å². The molecule has 0 radical (unpaired) electrons. The molecule has 186 valence electrons. The molecule has 1 heterocycles. The van der Waals surface area contributed by atoms with Crippen LogP contribution in [-0.2, 0) is 4.74 Å². The Morgan fingerprint density at radius 1 is 0.730 bits per heavy atom. The lowest BCUT2D eigenvalue weighted by Crippen LogP contribution is -2.50. The van der Waals surface area contributed by atoms with Gasteiger partial charge in [-0.15, -0.1) is 0 Å². The van der Waals surface area contributed by atoms with Gasteiger partial charge in [-0.05, 0) is 67.6 Å². The lowest BCUT2D eigenvalue weighted by Gasteiger charge is -2.34. The molecular formula is C28H24N4O5. The molecule has 3 aromatic carbocycles. The molecule has 0 aliphatic carbocycles. The highest BCUT2D eigenvalue weighted by molar-refractivity contribution is 5.95. The number of nitrogens with zero attached hydrogens (tertiary/aromatic N) is 4. The Morgan fingerprint density at radius 3 is 1.62 bits per heavy atom. The third-order valence-electron chi connectivity index (χ3n) is 5.66. The lowest BCUT2D eigenvalue weighted by molar-refractivity contribution is 0.0570. The summed E-state index contributed by atoms with van der Waals surface area (Å²) in [5.41, 5.74) is 1.37. The molecule has 0 aromatic heterocycles. The minimum atomic E-state index is -0.384. The fraction of sp³-hybridized carbons (Fsp3) is 0.214. The summed E-state index contributed by atoms with van der Waals surface area (Å²) in [5.74, 6) is 1.53. The van der Waals surface area contributed by atoms with Crippen molar-refractivity contribution in [2.45, 2.75) is 6.92 Å². The quantitative estimate of drug-likeness (QED) is 0.475. The van der Waals surface area contributed by atoms with Gasteiger partial charge in [0.2, 0.25) is 0 Å². The Kier molecular flexibility index (Phi) is 7.87. The first-order valence-corrected chi connectivity index (χ1v) is 11.7. The minimum absolute atomic E-state index is 0.224. The summed E-state index contributed by atoms with van der Waals surface area (Å²) in [7, 11) is 0. The van der Waals surface area contributed by atoms with E-state index in [-0.39, 0.29) is 12.0 Å². The molecule has 1 fully saturated rings. The Morgan fingerprint density at radius 2 is 1.19 bits per heavy atom. The molecule has 1 aliphatic heterocycles. The molecule has 4 rings (SSSR count). The van der Waals surface area contributed by atoms with Crippen LogP contribution in [0.15, 0.2) is 66.7 Å². The van der Waals surface area contributed by atoms with E-state index in [2.05, 4.69) is 12.1 Å². The lowest BCUT2D eigenvalue weighted by atomic mass is 10.1. The molecule has 0 saturated carbocycles. The van der Waals surface area contributed by atoms with Gasteiger partial charge in [-0.2, -0.15) is 10.5 Å². The maximum atomic E-state index is 13.4. The van der Waals surface area contributed by atoms with Gasteiger partial charge in [0.05, 0.1) is 29.9 Å². The zero-order chi connectivity index (χ0) is 26.2. The van der Waals surface area contributed by atoms with Crippen LogP contribution < -0.4 is 9.47 Å². The maximum absolute atomic E-state index is 13.4. The highest BCUT2D eigenvalue weighted by Crippen LogP contribution is 2.31. The molecule has 1 saturated heterocycles. The second-order valence-corrected chi connectivity index (χ2v) is 8.15. The Hall–Kier alpha value is -5.02. The second-order valence-electron chi connectivity index (χ2n) is 8.15. The van der Waals surface area contributed by atoms with E-state index < -0.39 is 0 Å².